The van der Waals surface area contributed by atoms with Gasteiger partial charge in [0.05, 0.1) is 11.5 Å². The van der Waals surface area contributed by atoms with Crippen molar-refractivity contribution in [1.82, 2.24) is 4.31 Å². The summed E-state index contributed by atoms with van der Waals surface area (Å²) in [6, 6.07) is 6.91. The molecular weight excluding hydrogens is 389 g/mol. The van der Waals surface area contributed by atoms with E-state index < -0.39 is 10.0 Å². The number of aliphatic hydroxyl groups excluding tert-OH is 1. The molecule has 112 valence electrons. The molecular formula is C14H20INO3S. The second kappa shape index (κ2) is 7.20. The van der Waals surface area contributed by atoms with Crippen LogP contribution in [0.15, 0.2) is 29.2 Å². The average molecular weight is 409 g/mol. The number of halogens is 1. The summed E-state index contributed by atoms with van der Waals surface area (Å²) in [4.78, 5) is 0.317. The maximum atomic E-state index is 12.7. The van der Waals surface area contributed by atoms with Crippen molar-refractivity contribution in [1.29, 1.82) is 0 Å². The van der Waals surface area contributed by atoms with Crippen LogP contribution < -0.4 is 0 Å². The van der Waals surface area contributed by atoms with E-state index in [4.69, 9.17) is 0 Å². The van der Waals surface area contributed by atoms with Crippen molar-refractivity contribution in [3.8, 4) is 0 Å². The van der Waals surface area contributed by atoms with E-state index >= 15 is 0 Å². The molecule has 1 saturated carbocycles. The molecule has 1 aliphatic rings. The predicted molar refractivity (Wildman–Crippen MR) is 87.0 cm³/mol. The molecule has 0 aliphatic heterocycles. The molecule has 0 unspecified atom stereocenters. The second-order valence-electron chi connectivity index (χ2n) is 5.09. The van der Waals surface area contributed by atoms with E-state index in [1.807, 2.05) is 0 Å². The van der Waals surface area contributed by atoms with Gasteiger partial charge in [0.25, 0.3) is 0 Å². The first-order chi connectivity index (χ1) is 9.55. The van der Waals surface area contributed by atoms with Gasteiger partial charge in [-0.1, -0.05) is 19.3 Å². The lowest BCUT2D eigenvalue weighted by molar-refractivity contribution is 0.199. The Morgan fingerprint density at radius 3 is 2.30 bits per heavy atom. The summed E-state index contributed by atoms with van der Waals surface area (Å²) in [5, 5.41) is 9.21. The third-order valence-corrected chi connectivity index (χ3v) is 6.41. The van der Waals surface area contributed by atoms with Gasteiger partial charge in [-0.15, -0.1) is 0 Å². The van der Waals surface area contributed by atoms with Crippen LogP contribution in [0.5, 0.6) is 0 Å². The van der Waals surface area contributed by atoms with E-state index in [0.717, 1.165) is 29.3 Å². The van der Waals surface area contributed by atoms with Crippen LogP contribution in [-0.4, -0.2) is 37.0 Å². The van der Waals surface area contributed by atoms with Gasteiger partial charge in [-0.05, 0) is 59.7 Å². The quantitative estimate of drug-likeness (QED) is 0.761. The Bertz CT molecular complexity index is 524. The maximum Gasteiger partial charge on any atom is 0.243 e. The van der Waals surface area contributed by atoms with Crippen LogP contribution >= 0.6 is 22.6 Å². The van der Waals surface area contributed by atoms with E-state index in [0.29, 0.717) is 4.90 Å². The molecule has 1 aromatic rings. The summed E-state index contributed by atoms with van der Waals surface area (Å²) in [6.07, 6.45) is 5.09. The Labute approximate surface area is 134 Å². The van der Waals surface area contributed by atoms with Crippen molar-refractivity contribution in [3.05, 3.63) is 27.8 Å². The molecule has 0 heterocycles. The number of sulfonamides is 1. The Morgan fingerprint density at radius 2 is 1.75 bits per heavy atom. The van der Waals surface area contributed by atoms with Gasteiger partial charge >= 0.3 is 0 Å². The van der Waals surface area contributed by atoms with Gasteiger partial charge in [-0.2, -0.15) is 4.31 Å². The normalized spacial score (nSPS) is 17.6. The molecule has 4 nitrogen and oxygen atoms in total. The van der Waals surface area contributed by atoms with Gasteiger partial charge in [-0.3, -0.25) is 0 Å². The molecule has 0 spiro atoms. The third-order valence-electron chi connectivity index (χ3n) is 3.72. The van der Waals surface area contributed by atoms with Crippen molar-refractivity contribution < 1.29 is 13.5 Å². The van der Waals surface area contributed by atoms with E-state index in [9.17, 15) is 13.5 Å². The number of benzene rings is 1. The fourth-order valence-corrected chi connectivity index (χ4v) is 4.74. The molecule has 0 aromatic heterocycles. The van der Waals surface area contributed by atoms with Crippen molar-refractivity contribution in [3.63, 3.8) is 0 Å². The Balaban J connectivity index is 2.28. The monoisotopic (exact) mass is 409 g/mol. The van der Waals surface area contributed by atoms with Gasteiger partial charge in [0.2, 0.25) is 10.0 Å². The van der Waals surface area contributed by atoms with Gasteiger partial charge < -0.3 is 5.11 Å². The number of rotatable bonds is 5. The lowest BCUT2D eigenvalue weighted by atomic mass is 9.95. The SMILES string of the molecule is O=S(=O)(c1ccc(I)cc1)N(CCO)C1CCCCC1. The Morgan fingerprint density at radius 1 is 1.15 bits per heavy atom. The van der Waals surface area contributed by atoms with E-state index in [-0.39, 0.29) is 19.2 Å². The first-order valence-electron chi connectivity index (χ1n) is 6.94. The van der Waals surface area contributed by atoms with Crippen LogP contribution in [0, 0.1) is 3.57 Å². The standard InChI is InChI=1S/C14H20INO3S/c15-12-6-8-14(9-7-12)20(18,19)16(10-11-17)13-4-2-1-3-5-13/h6-9,13,17H,1-5,10-11H2. The number of hydrogen-bond acceptors (Lipinski definition) is 3. The van der Waals surface area contributed by atoms with E-state index in [2.05, 4.69) is 22.6 Å². The largest absolute Gasteiger partial charge is 0.395 e. The van der Waals surface area contributed by atoms with Crippen LogP contribution in [0.25, 0.3) is 0 Å². The molecule has 0 bridgehead atoms. The van der Waals surface area contributed by atoms with Gasteiger partial charge in [0, 0.05) is 16.2 Å². The number of nitrogens with zero attached hydrogens (tertiary/aromatic N) is 1. The van der Waals surface area contributed by atoms with Crippen molar-refractivity contribution in [2.45, 2.75) is 43.0 Å². The zero-order valence-corrected chi connectivity index (χ0v) is 14.3. The summed E-state index contributed by atoms with van der Waals surface area (Å²) in [7, 11) is -3.51. The number of hydrogen-bond donors (Lipinski definition) is 1. The molecule has 0 radical (unpaired) electrons. The topological polar surface area (TPSA) is 57.6 Å². The molecule has 6 heteroatoms. The minimum Gasteiger partial charge on any atom is -0.395 e. The minimum atomic E-state index is -3.51. The van der Waals surface area contributed by atoms with Gasteiger partial charge in [-0.25, -0.2) is 8.42 Å². The van der Waals surface area contributed by atoms with Crippen LogP contribution in [0.1, 0.15) is 32.1 Å². The molecule has 1 aliphatic carbocycles. The van der Waals surface area contributed by atoms with Crippen LogP contribution in [0.2, 0.25) is 0 Å². The highest BCUT2D eigenvalue weighted by Gasteiger charge is 2.31. The predicted octanol–water partition coefficient (Wildman–Crippen LogP) is 2.61. The smallest absolute Gasteiger partial charge is 0.243 e. The zero-order valence-electron chi connectivity index (χ0n) is 11.3. The summed E-state index contributed by atoms with van der Waals surface area (Å²) in [6.45, 7) is 0.0408. The molecule has 0 amide bonds. The van der Waals surface area contributed by atoms with Crippen molar-refractivity contribution >= 4 is 32.6 Å². The van der Waals surface area contributed by atoms with E-state index in [1.54, 1.807) is 24.3 Å². The Hall–Kier alpha value is -0.180. The van der Waals surface area contributed by atoms with Crippen molar-refractivity contribution in [2.75, 3.05) is 13.2 Å². The lowest BCUT2D eigenvalue weighted by Gasteiger charge is -2.33. The molecule has 1 fully saturated rings. The van der Waals surface area contributed by atoms with Crippen molar-refractivity contribution in [2.24, 2.45) is 0 Å². The van der Waals surface area contributed by atoms with Crippen LogP contribution in [0.4, 0.5) is 0 Å². The second-order valence-corrected chi connectivity index (χ2v) is 8.22. The molecule has 1 aromatic carbocycles. The maximum absolute atomic E-state index is 12.7. The molecule has 2 rings (SSSR count). The molecule has 20 heavy (non-hydrogen) atoms. The lowest BCUT2D eigenvalue weighted by Crippen LogP contribution is -2.43. The van der Waals surface area contributed by atoms with Gasteiger partial charge in [0.15, 0.2) is 0 Å². The highest BCUT2D eigenvalue weighted by Crippen LogP contribution is 2.27. The average Bonchev–Trinajstić information content (AvgIpc) is 2.46. The highest BCUT2D eigenvalue weighted by atomic mass is 127. The third kappa shape index (κ3) is 3.72. The fraction of sp³-hybridized carbons (Fsp3) is 0.571. The zero-order chi connectivity index (χ0) is 14.6. The first-order valence-corrected chi connectivity index (χ1v) is 9.46. The molecule has 0 saturated heterocycles. The van der Waals surface area contributed by atoms with E-state index in [1.165, 1.54) is 10.7 Å². The number of aliphatic hydroxyl groups is 1. The Kier molecular flexibility index (Phi) is 5.83. The molecule has 0 atom stereocenters. The summed E-state index contributed by atoms with van der Waals surface area (Å²) in [5.74, 6) is 0. The van der Waals surface area contributed by atoms with Crippen LogP contribution in [-0.2, 0) is 10.0 Å². The first kappa shape index (κ1) is 16.2. The summed E-state index contributed by atoms with van der Waals surface area (Å²) < 4.78 is 28.0. The fourth-order valence-electron chi connectivity index (χ4n) is 2.71. The highest BCUT2D eigenvalue weighted by molar-refractivity contribution is 14.1. The van der Waals surface area contributed by atoms with Crippen LogP contribution in [0.3, 0.4) is 0 Å². The summed E-state index contributed by atoms with van der Waals surface area (Å²) in [5.41, 5.74) is 0. The minimum absolute atomic E-state index is 0.0279. The van der Waals surface area contributed by atoms with Gasteiger partial charge in [0.1, 0.15) is 0 Å². The molecule has 1 N–H and O–H groups in total. The summed E-state index contributed by atoms with van der Waals surface area (Å²) >= 11 is 2.15.